The lowest BCUT2D eigenvalue weighted by Gasteiger charge is -2.09. The number of rotatable bonds is 21. The zero-order valence-corrected chi connectivity index (χ0v) is 19.2. The summed E-state index contributed by atoms with van der Waals surface area (Å²) in [5, 5.41) is 0. The Labute approximate surface area is 171 Å². The number of nitrogens with zero attached hydrogens (tertiary/aromatic N) is 1. The molecule has 0 aliphatic heterocycles. The molecule has 0 N–H and O–H groups in total. The Morgan fingerprint density at radius 2 is 0.741 bits per heavy atom. The van der Waals surface area contributed by atoms with E-state index in [1.165, 1.54) is 122 Å². The fourth-order valence-corrected chi connectivity index (χ4v) is 3.76. The van der Waals surface area contributed by atoms with Gasteiger partial charge in [-0.1, -0.05) is 129 Å². The Kier molecular flexibility index (Phi) is 21.3. The molecule has 0 heterocycles. The summed E-state index contributed by atoms with van der Waals surface area (Å²) in [6, 6.07) is 0. The van der Waals surface area contributed by atoms with Gasteiger partial charge in [0.15, 0.2) is 0 Å². The minimum atomic E-state index is 0.275. The van der Waals surface area contributed by atoms with Crippen molar-refractivity contribution in [1.82, 2.24) is 4.90 Å². The maximum atomic E-state index is 11.5. The second-order valence-corrected chi connectivity index (χ2v) is 8.76. The molecule has 0 atom stereocenters. The first-order valence-electron chi connectivity index (χ1n) is 12.4. The van der Waals surface area contributed by atoms with E-state index in [0.29, 0.717) is 0 Å². The zero-order chi connectivity index (χ0) is 20.0. The molecule has 0 aromatic carbocycles. The Bertz CT molecular complexity index is 301. The Morgan fingerprint density at radius 3 is 1.00 bits per heavy atom. The summed E-state index contributed by atoms with van der Waals surface area (Å²) in [5.41, 5.74) is 0. The quantitative estimate of drug-likeness (QED) is 0.183. The first-order chi connectivity index (χ1) is 13.2. The molecule has 0 spiro atoms. The highest BCUT2D eigenvalue weighted by molar-refractivity contribution is 5.75. The van der Waals surface area contributed by atoms with Crippen molar-refractivity contribution >= 4 is 5.91 Å². The average Bonchev–Trinajstić information content (AvgIpc) is 2.66. The number of carbonyl (C=O) groups excluding carboxylic acids is 1. The van der Waals surface area contributed by atoms with Gasteiger partial charge in [0.25, 0.3) is 0 Å². The van der Waals surface area contributed by atoms with Crippen LogP contribution in [0.1, 0.15) is 142 Å². The second kappa shape index (κ2) is 21.8. The normalized spacial score (nSPS) is 11.1. The lowest BCUT2D eigenvalue weighted by molar-refractivity contribution is -0.128. The van der Waals surface area contributed by atoms with Gasteiger partial charge in [0.05, 0.1) is 0 Å². The van der Waals surface area contributed by atoms with E-state index in [4.69, 9.17) is 0 Å². The molecule has 2 nitrogen and oxygen atoms in total. The van der Waals surface area contributed by atoms with Crippen molar-refractivity contribution in [2.75, 3.05) is 14.1 Å². The molecule has 1 amide bonds. The maximum absolute atomic E-state index is 11.5. The molecule has 0 radical (unpaired) electrons. The summed E-state index contributed by atoms with van der Waals surface area (Å²) in [6.07, 6.45) is 28.7. The molecule has 27 heavy (non-hydrogen) atoms. The van der Waals surface area contributed by atoms with Crippen LogP contribution in [0.25, 0.3) is 0 Å². The van der Waals surface area contributed by atoms with Crippen LogP contribution in [0.2, 0.25) is 0 Å². The monoisotopic (exact) mass is 381 g/mol. The number of amides is 1. The van der Waals surface area contributed by atoms with Gasteiger partial charge in [-0.15, -0.1) is 0 Å². The second-order valence-electron chi connectivity index (χ2n) is 8.76. The maximum Gasteiger partial charge on any atom is 0.222 e. The van der Waals surface area contributed by atoms with Gasteiger partial charge in [-0.3, -0.25) is 4.79 Å². The summed E-state index contributed by atoms with van der Waals surface area (Å²) in [6.45, 7) is 2.29. The lowest BCUT2D eigenvalue weighted by atomic mass is 10.0. The van der Waals surface area contributed by atoms with Crippen LogP contribution in [0.3, 0.4) is 0 Å². The standard InChI is InChI=1S/C25H51NO/c1-4-5-6-7-8-9-10-11-12-13-14-15-16-17-18-19-20-21-22-23-24-25(27)26(2)3/h4-24H2,1-3H3. The number of unbranched alkanes of at least 4 members (excludes halogenated alkanes) is 19. The van der Waals surface area contributed by atoms with Gasteiger partial charge in [-0.2, -0.15) is 0 Å². The van der Waals surface area contributed by atoms with Crippen molar-refractivity contribution in [2.24, 2.45) is 0 Å². The molecule has 0 aliphatic carbocycles. The van der Waals surface area contributed by atoms with E-state index in [9.17, 15) is 4.79 Å². The Hall–Kier alpha value is -0.530. The van der Waals surface area contributed by atoms with Gasteiger partial charge in [-0.25, -0.2) is 0 Å². The van der Waals surface area contributed by atoms with Gasteiger partial charge in [0.2, 0.25) is 5.91 Å². The van der Waals surface area contributed by atoms with Gasteiger partial charge in [-0.05, 0) is 6.42 Å². The molecule has 0 aliphatic rings. The SMILES string of the molecule is CCCCCCCCCCCCCCCCCCCCCCC(=O)N(C)C. The highest BCUT2D eigenvalue weighted by Crippen LogP contribution is 2.15. The fourth-order valence-electron chi connectivity index (χ4n) is 3.76. The first-order valence-corrected chi connectivity index (χ1v) is 12.4. The van der Waals surface area contributed by atoms with E-state index in [0.717, 1.165) is 12.8 Å². The van der Waals surface area contributed by atoms with Crippen molar-refractivity contribution in [1.29, 1.82) is 0 Å². The smallest absolute Gasteiger partial charge is 0.222 e. The van der Waals surface area contributed by atoms with Crippen LogP contribution in [-0.2, 0) is 4.79 Å². The Morgan fingerprint density at radius 1 is 0.481 bits per heavy atom. The van der Waals surface area contributed by atoms with Crippen molar-refractivity contribution in [3.63, 3.8) is 0 Å². The lowest BCUT2D eigenvalue weighted by Crippen LogP contribution is -2.20. The van der Waals surface area contributed by atoms with Gasteiger partial charge < -0.3 is 4.90 Å². The molecule has 162 valence electrons. The first kappa shape index (κ1) is 26.5. The van der Waals surface area contributed by atoms with Crippen LogP contribution in [0.15, 0.2) is 0 Å². The van der Waals surface area contributed by atoms with Crippen LogP contribution >= 0.6 is 0 Å². The van der Waals surface area contributed by atoms with Crippen LogP contribution in [0.5, 0.6) is 0 Å². The third-order valence-electron chi connectivity index (χ3n) is 5.74. The molecular weight excluding hydrogens is 330 g/mol. The molecule has 0 fully saturated rings. The van der Waals surface area contributed by atoms with E-state index >= 15 is 0 Å². The van der Waals surface area contributed by atoms with E-state index in [1.54, 1.807) is 4.90 Å². The topological polar surface area (TPSA) is 20.3 Å². The molecule has 0 saturated heterocycles. The number of carbonyl (C=O) groups is 1. The molecule has 0 rings (SSSR count). The van der Waals surface area contributed by atoms with E-state index in [1.807, 2.05) is 14.1 Å². The zero-order valence-electron chi connectivity index (χ0n) is 19.2. The summed E-state index contributed by atoms with van der Waals surface area (Å²) in [7, 11) is 3.69. The largest absolute Gasteiger partial charge is 0.349 e. The minimum Gasteiger partial charge on any atom is -0.349 e. The van der Waals surface area contributed by atoms with E-state index < -0.39 is 0 Å². The fraction of sp³-hybridized carbons (Fsp3) is 0.960. The third-order valence-corrected chi connectivity index (χ3v) is 5.74. The molecule has 0 bridgehead atoms. The minimum absolute atomic E-state index is 0.275. The molecule has 0 unspecified atom stereocenters. The summed E-state index contributed by atoms with van der Waals surface area (Å²) >= 11 is 0. The summed E-state index contributed by atoms with van der Waals surface area (Å²) in [4.78, 5) is 13.2. The summed E-state index contributed by atoms with van der Waals surface area (Å²) in [5.74, 6) is 0.275. The highest BCUT2D eigenvalue weighted by atomic mass is 16.2. The van der Waals surface area contributed by atoms with Crippen molar-refractivity contribution in [3.8, 4) is 0 Å². The highest BCUT2D eigenvalue weighted by Gasteiger charge is 2.02. The summed E-state index contributed by atoms with van der Waals surface area (Å²) < 4.78 is 0. The molecule has 0 aromatic rings. The van der Waals surface area contributed by atoms with E-state index in [-0.39, 0.29) is 5.91 Å². The van der Waals surface area contributed by atoms with Crippen molar-refractivity contribution < 1.29 is 4.79 Å². The van der Waals surface area contributed by atoms with Crippen molar-refractivity contribution in [3.05, 3.63) is 0 Å². The number of hydrogen-bond donors (Lipinski definition) is 0. The number of hydrogen-bond acceptors (Lipinski definition) is 1. The molecule has 2 heteroatoms. The van der Waals surface area contributed by atoms with Gasteiger partial charge >= 0.3 is 0 Å². The van der Waals surface area contributed by atoms with Crippen molar-refractivity contribution in [2.45, 2.75) is 142 Å². The average molecular weight is 382 g/mol. The Balaban J connectivity index is 3.04. The third kappa shape index (κ3) is 21.6. The molecular formula is C25H51NO. The van der Waals surface area contributed by atoms with Crippen LogP contribution in [0, 0.1) is 0 Å². The van der Waals surface area contributed by atoms with Crippen LogP contribution in [0.4, 0.5) is 0 Å². The van der Waals surface area contributed by atoms with Gasteiger partial charge in [0, 0.05) is 20.5 Å². The molecule has 0 saturated carbocycles. The predicted molar refractivity (Wildman–Crippen MR) is 121 cm³/mol. The van der Waals surface area contributed by atoms with Crippen LogP contribution < -0.4 is 0 Å². The van der Waals surface area contributed by atoms with Crippen LogP contribution in [-0.4, -0.2) is 24.9 Å². The van der Waals surface area contributed by atoms with Gasteiger partial charge in [0.1, 0.15) is 0 Å². The molecule has 0 aromatic heterocycles. The predicted octanol–water partition coefficient (Wildman–Crippen LogP) is 8.29. The van der Waals surface area contributed by atoms with E-state index in [2.05, 4.69) is 6.92 Å².